The fraction of sp³-hybridized carbons (Fsp3) is 0.176. The van der Waals surface area contributed by atoms with Crippen LogP contribution >= 0.6 is 15.9 Å². The molecule has 0 atom stereocenters. The Morgan fingerprint density at radius 1 is 1.26 bits per heavy atom. The summed E-state index contributed by atoms with van der Waals surface area (Å²) < 4.78 is 19.3. The van der Waals surface area contributed by atoms with Crippen LogP contribution in [0, 0.1) is 19.7 Å². The van der Waals surface area contributed by atoms with Crippen molar-refractivity contribution in [2.75, 3.05) is 6.61 Å². The van der Waals surface area contributed by atoms with Crippen LogP contribution in [0.15, 0.2) is 46.0 Å². The van der Waals surface area contributed by atoms with Gasteiger partial charge in [0.15, 0.2) is 6.61 Å². The summed E-state index contributed by atoms with van der Waals surface area (Å²) in [5.41, 5.74) is 4.94. The molecule has 1 amide bonds. The molecule has 2 rings (SSSR count). The molecular formula is C17H16BrFN2O2. The fourth-order valence-corrected chi connectivity index (χ4v) is 2.71. The van der Waals surface area contributed by atoms with Gasteiger partial charge in [-0.05, 0) is 54.8 Å². The highest BCUT2D eigenvalue weighted by Crippen LogP contribution is 2.27. The topological polar surface area (TPSA) is 50.7 Å². The van der Waals surface area contributed by atoms with Crippen LogP contribution in [-0.2, 0) is 4.79 Å². The van der Waals surface area contributed by atoms with Gasteiger partial charge in [0.2, 0.25) is 0 Å². The SMILES string of the molecule is Cc1cc(Br)cc(C)c1OCC(=O)NN=Cc1ccc(F)cc1. The van der Waals surface area contributed by atoms with Crippen LogP contribution < -0.4 is 10.2 Å². The van der Waals surface area contributed by atoms with E-state index in [-0.39, 0.29) is 18.3 Å². The monoisotopic (exact) mass is 378 g/mol. The van der Waals surface area contributed by atoms with Gasteiger partial charge in [-0.1, -0.05) is 28.1 Å². The second-order valence-corrected chi connectivity index (χ2v) is 5.92. The molecule has 0 spiro atoms. The van der Waals surface area contributed by atoms with E-state index in [4.69, 9.17) is 4.74 Å². The van der Waals surface area contributed by atoms with E-state index >= 15 is 0 Å². The summed E-state index contributed by atoms with van der Waals surface area (Å²) in [5.74, 6) is -0.00392. The molecule has 1 N–H and O–H groups in total. The summed E-state index contributed by atoms with van der Waals surface area (Å²) in [5, 5.41) is 3.81. The van der Waals surface area contributed by atoms with Gasteiger partial charge in [0.1, 0.15) is 11.6 Å². The zero-order chi connectivity index (χ0) is 16.8. The van der Waals surface area contributed by atoms with E-state index in [2.05, 4.69) is 26.5 Å². The van der Waals surface area contributed by atoms with E-state index in [1.807, 2.05) is 26.0 Å². The Balaban J connectivity index is 1.87. The van der Waals surface area contributed by atoms with Gasteiger partial charge in [0, 0.05) is 4.47 Å². The maximum absolute atomic E-state index is 12.8. The van der Waals surface area contributed by atoms with Crippen molar-refractivity contribution in [1.29, 1.82) is 0 Å². The number of hydrogen-bond donors (Lipinski definition) is 1. The minimum absolute atomic E-state index is 0.135. The van der Waals surface area contributed by atoms with Crippen LogP contribution in [0.2, 0.25) is 0 Å². The average molecular weight is 379 g/mol. The third kappa shape index (κ3) is 5.17. The summed E-state index contributed by atoms with van der Waals surface area (Å²) >= 11 is 3.41. The molecule has 0 saturated heterocycles. The lowest BCUT2D eigenvalue weighted by atomic mass is 10.1. The summed E-state index contributed by atoms with van der Waals surface area (Å²) in [6, 6.07) is 9.63. The summed E-state index contributed by atoms with van der Waals surface area (Å²) in [6.07, 6.45) is 1.44. The van der Waals surface area contributed by atoms with Crippen molar-refractivity contribution in [2.24, 2.45) is 5.10 Å². The number of benzene rings is 2. The largest absolute Gasteiger partial charge is 0.483 e. The van der Waals surface area contributed by atoms with Gasteiger partial charge in [-0.2, -0.15) is 5.10 Å². The molecule has 0 aliphatic carbocycles. The number of rotatable bonds is 5. The first-order chi connectivity index (χ1) is 11.0. The van der Waals surface area contributed by atoms with Crippen LogP contribution in [0.5, 0.6) is 5.75 Å². The molecule has 0 radical (unpaired) electrons. The Labute approximate surface area is 142 Å². The van der Waals surface area contributed by atoms with E-state index < -0.39 is 0 Å². The smallest absolute Gasteiger partial charge is 0.277 e. The molecule has 0 aromatic heterocycles. The first kappa shape index (κ1) is 17.1. The van der Waals surface area contributed by atoms with Gasteiger partial charge in [-0.15, -0.1) is 0 Å². The minimum Gasteiger partial charge on any atom is -0.483 e. The van der Waals surface area contributed by atoms with Crippen molar-refractivity contribution in [3.8, 4) is 5.75 Å². The number of hydrazone groups is 1. The Morgan fingerprint density at radius 3 is 2.48 bits per heavy atom. The lowest BCUT2D eigenvalue weighted by Gasteiger charge is -2.11. The predicted molar refractivity (Wildman–Crippen MR) is 91.2 cm³/mol. The Bertz CT molecular complexity index is 707. The minimum atomic E-state index is -0.370. The number of ether oxygens (including phenoxy) is 1. The fourth-order valence-electron chi connectivity index (χ4n) is 2.02. The maximum Gasteiger partial charge on any atom is 0.277 e. The van der Waals surface area contributed by atoms with Gasteiger partial charge in [0.25, 0.3) is 5.91 Å². The normalized spacial score (nSPS) is 10.8. The molecule has 0 unspecified atom stereocenters. The summed E-state index contributed by atoms with van der Waals surface area (Å²) in [6.45, 7) is 3.69. The number of carbonyl (C=O) groups excluding carboxylic acids is 1. The van der Waals surface area contributed by atoms with Gasteiger partial charge >= 0.3 is 0 Å². The highest BCUT2D eigenvalue weighted by atomic mass is 79.9. The van der Waals surface area contributed by atoms with Crippen LogP contribution in [0.25, 0.3) is 0 Å². The highest BCUT2D eigenvalue weighted by molar-refractivity contribution is 9.10. The first-order valence-electron chi connectivity index (χ1n) is 6.92. The Morgan fingerprint density at radius 2 is 1.87 bits per heavy atom. The van der Waals surface area contributed by atoms with Gasteiger partial charge in [0.05, 0.1) is 6.21 Å². The number of nitrogens with one attached hydrogen (secondary N) is 1. The lowest BCUT2D eigenvalue weighted by Crippen LogP contribution is -2.25. The molecule has 0 aliphatic rings. The molecule has 0 heterocycles. The number of halogens is 2. The molecule has 2 aromatic rings. The Hall–Kier alpha value is -2.21. The predicted octanol–water partition coefficient (Wildman–Crippen LogP) is 3.73. The van der Waals surface area contributed by atoms with Crippen LogP contribution in [0.1, 0.15) is 16.7 Å². The molecule has 23 heavy (non-hydrogen) atoms. The highest BCUT2D eigenvalue weighted by Gasteiger charge is 2.08. The zero-order valence-corrected chi connectivity index (χ0v) is 14.4. The summed E-state index contributed by atoms with van der Waals surface area (Å²) in [4.78, 5) is 11.7. The number of amides is 1. The molecule has 120 valence electrons. The van der Waals surface area contributed by atoms with Gasteiger partial charge in [-0.25, -0.2) is 9.82 Å². The van der Waals surface area contributed by atoms with Crippen LogP contribution in [0.4, 0.5) is 4.39 Å². The molecule has 0 saturated carbocycles. The van der Waals surface area contributed by atoms with E-state index in [1.165, 1.54) is 18.3 Å². The standard InChI is InChI=1S/C17H16BrFN2O2/c1-11-7-14(18)8-12(2)17(11)23-10-16(22)21-20-9-13-3-5-15(19)6-4-13/h3-9H,10H2,1-2H3,(H,21,22). The molecule has 0 bridgehead atoms. The molecule has 0 aliphatic heterocycles. The third-order valence-electron chi connectivity index (χ3n) is 3.05. The van der Waals surface area contributed by atoms with Crippen molar-refractivity contribution in [1.82, 2.24) is 5.43 Å². The average Bonchev–Trinajstić information content (AvgIpc) is 2.48. The van der Waals surface area contributed by atoms with Crippen molar-refractivity contribution < 1.29 is 13.9 Å². The number of aryl methyl sites for hydroxylation is 2. The van der Waals surface area contributed by atoms with E-state index in [0.717, 1.165) is 15.6 Å². The number of nitrogens with zero attached hydrogens (tertiary/aromatic N) is 1. The van der Waals surface area contributed by atoms with E-state index in [1.54, 1.807) is 12.1 Å². The van der Waals surface area contributed by atoms with Crippen LogP contribution in [-0.4, -0.2) is 18.7 Å². The van der Waals surface area contributed by atoms with E-state index in [0.29, 0.717) is 11.3 Å². The Kier molecular flexibility index (Phi) is 5.87. The van der Waals surface area contributed by atoms with E-state index in [9.17, 15) is 9.18 Å². The van der Waals surface area contributed by atoms with Gasteiger partial charge in [-0.3, -0.25) is 4.79 Å². The molecule has 4 nitrogen and oxygen atoms in total. The van der Waals surface area contributed by atoms with Crippen LogP contribution in [0.3, 0.4) is 0 Å². The molecule has 6 heteroatoms. The van der Waals surface area contributed by atoms with Crippen molar-refractivity contribution in [2.45, 2.75) is 13.8 Å². The molecular weight excluding hydrogens is 363 g/mol. The van der Waals surface area contributed by atoms with Crippen molar-refractivity contribution in [3.63, 3.8) is 0 Å². The summed E-state index contributed by atoms with van der Waals surface area (Å²) in [7, 11) is 0. The number of carbonyl (C=O) groups is 1. The third-order valence-corrected chi connectivity index (χ3v) is 3.50. The maximum atomic E-state index is 12.8. The molecule has 0 fully saturated rings. The lowest BCUT2D eigenvalue weighted by molar-refractivity contribution is -0.123. The van der Waals surface area contributed by atoms with Crippen molar-refractivity contribution >= 4 is 28.1 Å². The number of hydrogen-bond acceptors (Lipinski definition) is 3. The van der Waals surface area contributed by atoms with Crippen molar-refractivity contribution in [3.05, 3.63) is 63.4 Å². The molecule has 2 aromatic carbocycles. The first-order valence-corrected chi connectivity index (χ1v) is 7.72. The zero-order valence-electron chi connectivity index (χ0n) is 12.8. The quantitative estimate of drug-likeness (QED) is 0.636. The van der Waals surface area contributed by atoms with Gasteiger partial charge < -0.3 is 4.74 Å². The second-order valence-electron chi connectivity index (χ2n) is 5.00. The second kappa shape index (κ2) is 7.87.